The van der Waals surface area contributed by atoms with E-state index in [2.05, 4.69) is 5.32 Å². The summed E-state index contributed by atoms with van der Waals surface area (Å²) < 4.78 is 39.0. The van der Waals surface area contributed by atoms with E-state index in [0.717, 1.165) is 22.4 Å². The number of ketones is 1. The number of aromatic nitrogens is 1. The third-order valence-electron chi connectivity index (χ3n) is 3.79. The van der Waals surface area contributed by atoms with Crippen molar-refractivity contribution < 1.29 is 22.8 Å². The molecule has 0 spiro atoms. The number of hydrogen-bond acceptors (Lipinski definition) is 3. The molecule has 1 aromatic carbocycles. The van der Waals surface area contributed by atoms with Crippen LogP contribution in [-0.4, -0.2) is 16.3 Å². The number of benzene rings is 1. The van der Waals surface area contributed by atoms with E-state index in [1.807, 2.05) is 0 Å². The number of alkyl halides is 3. The van der Waals surface area contributed by atoms with Gasteiger partial charge in [0.15, 0.2) is 5.78 Å². The van der Waals surface area contributed by atoms with Crippen molar-refractivity contribution in [1.29, 1.82) is 0 Å². The summed E-state index contributed by atoms with van der Waals surface area (Å²) in [6.07, 6.45) is -3.63. The third-order valence-corrected chi connectivity index (χ3v) is 3.79. The summed E-state index contributed by atoms with van der Waals surface area (Å²) >= 11 is 0. The molecule has 0 aliphatic rings. The molecule has 2 rings (SSSR count). The first-order chi connectivity index (χ1) is 12.1. The zero-order chi connectivity index (χ0) is 19.5. The smallest absolute Gasteiger partial charge is 0.350 e. The van der Waals surface area contributed by atoms with E-state index in [-0.39, 0.29) is 17.5 Å². The van der Waals surface area contributed by atoms with Gasteiger partial charge in [0, 0.05) is 18.7 Å². The van der Waals surface area contributed by atoms with Crippen LogP contribution in [-0.2, 0) is 17.5 Å². The van der Waals surface area contributed by atoms with Gasteiger partial charge in [0.2, 0.25) is 5.91 Å². The highest BCUT2D eigenvalue weighted by molar-refractivity contribution is 5.95. The van der Waals surface area contributed by atoms with Gasteiger partial charge >= 0.3 is 6.18 Å². The third kappa shape index (κ3) is 4.59. The maximum absolute atomic E-state index is 12.8. The van der Waals surface area contributed by atoms with Crippen LogP contribution in [0.1, 0.15) is 41.4 Å². The highest BCUT2D eigenvalue weighted by Crippen LogP contribution is 2.26. The first-order valence-electron chi connectivity index (χ1n) is 7.76. The topological polar surface area (TPSA) is 68.2 Å². The van der Waals surface area contributed by atoms with Gasteiger partial charge in [0.1, 0.15) is 5.56 Å². The van der Waals surface area contributed by atoms with Gasteiger partial charge in [-0.2, -0.15) is 13.2 Å². The van der Waals surface area contributed by atoms with Crippen molar-refractivity contribution >= 4 is 11.7 Å². The summed E-state index contributed by atoms with van der Waals surface area (Å²) in [5.41, 5.74) is -1.54. The minimum Gasteiger partial charge on any atom is -0.350 e. The fourth-order valence-electron chi connectivity index (χ4n) is 2.47. The van der Waals surface area contributed by atoms with Gasteiger partial charge < -0.3 is 9.88 Å². The number of carbonyl (C=O) groups excluding carboxylic acids is 2. The lowest BCUT2D eigenvalue weighted by molar-refractivity contribution is -0.139. The normalized spacial score (nSPS) is 12.5. The monoisotopic (exact) mass is 366 g/mol. The molecule has 0 fully saturated rings. The van der Waals surface area contributed by atoms with Crippen LogP contribution in [0, 0.1) is 0 Å². The minimum atomic E-state index is -4.77. The molecule has 0 radical (unpaired) electrons. The molecule has 0 saturated heterocycles. The van der Waals surface area contributed by atoms with Crippen LogP contribution in [0.2, 0.25) is 0 Å². The fourth-order valence-corrected chi connectivity index (χ4v) is 2.47. The van der Waals surface area contributed by atoms with Crippen LogP contribution < -0.4 is 10.9 Å². The van der Waals surface area contributed by atoms with E-state index in [1.165, 1.54) is 19.1 Å². The van der Waals surface area contributed by atoms with Gasteiger partial charge in [0.05, 0.1) is 12.6 Å². The lowest BCUT2D eigenvalue weighted by atomic mass is 10.0. The van der Waals surface area contributed by atoms with Gasteiger partial charge in [-0.25, -0.2) is 0 Å². The molecule has 138 valence electrons. The Morgan fingerprint density at radius 1 is 1.15 bits per heavy atom. The molecular weight excluding hydrogens is 349 g/mol. The van der Waals surface area contributed by atoms with Crippen LogP contribution in [0.5, 0.6) is 0 Å². The highest BCUT2D eigenvalue weighted by atomic mass is 19.4. The van der Waals surface area contributed by atoms with E-state index in [4.69, 9.17) is 0 Å². The predicted octanol–water partition coefficient (Wildman–Crippen LogP) is 2.95. The molecule has 1 aromatic heterocycles. The van der Waals surface area contributed by atoms with Crippen LogP contribution in [0.25, 0.3) is 0 Å². The number of rotatable bonds is 5. The van der Waals surface area contributed by atoms with Crippen molar-refractivity contribution in [3.8, 4) is 0 Å². The van der Waals surface area contributed by atoms with E-state index in [0.29, 0.717) is 6.07 Å². The van der Waals surface area contributed by atoms with Crippen molar-refractivity contribution in [2.75, 3.05) is 0 Å². The minimum absolute atomic E-state index is 0.193. The Hall–Kier alpha value is -2.90. The second-order valence-electron chi connectivity index (χ2n) is 5.82. The van der Waals surface area contributed by atoms with E-state index in [1.54, 1.807) is 19.1 Å². The SMILES string of the molecule is CC(=O)NC(C)c1ccc(C(=O)Cn2cccc(C(F)(F)F)c2=O)cc1. The van der Waals surface area contributed by atoms with Gasteiger partial charge in [0.25, 0.3) is 5.56 Å². The molecule has 1 amide bonds. The predicted molar refractivity (Wildman–Crippen MR) is 88.7 cm³/mol. The summed E-state index contributed by atoms with van der Waals surface area (Å²) in [5, 5.41) is 2.70. The van der Waals surface area contributed by atoms with Crippen LogP contribution in [0.15, 0.2) is 47.4 Å². The lowest BCUT2D eigenvalue weighted by Crippen LogP contribution is -2.30. The number of amides is 1. The Morgan fingerprint density at radius 2 is 1.77 bits per heavy atom. The first kappa shape index (κ1) is 19.4. The maximum atomic E-state index is 12.8. The van der Waals surface area contributed by atoms with Gasteiger partial charge in [-0.1, -0.05) is 24.3 Å². The summed E-state index contributed by atoms with van der Waals surface area (Å²) in [6, 6.07) is 7.81. The first-order valence-corrected chi connectivity index (χ1v) is 7.76. The van der Waals surface area contributed by atoms with Crippen molar-refractivity contribution in [3.63, 3.8) is 0 Å². The molecule has 2 aromatic rings. The number of Topliss-reactive ketones (excluding diaryl/α,β-unsaturated/α-hetero) is 1. The molecular formula is C18H17F3N2O3. The van der Waals surface area contributed by atoms with Gasteiger partial charge in [-0.3, -0.25) is 14.4 Å². The number of nitrogens with one attached hydrogen (secondary N) is 1. The molecule has 0 bridgehead atoms. The Morgan fingerprint density at radius 3 is 2.31 bits per heavy atom. The number of carbonyl (C=O) groups is 2. The molecule has 1 atom stereocenters. The fraction of sp³-hybridized carbons (Fsp3) is 0.278. The Kier molecular flexibility index (Phi) is 5.64. The molecule has 1 N–H and O–H groups in total. The number of pyridine rings is 1. The van der Waals surface area contributed by atoms with Crippen molar-refractivity contribution in [3.05, 3.63) is 69.6 Å². The zero-order valence-electron chi connectivity index (χ0n) is 14.1. The number of hydrogen-bond donors (Lipinski definition) is 1. The molecule has 0 aliphatic heterocycles. The molecule has 26 heavy (non-hydrogen) atoms. The Balaban J connectivity index is 2.19. The maximum Gasteiger partial charge on any atom is 0.421 e. The van der Waals surface area contributed by atoms with Crippen molar-refractivity contribution in [2.45, 2.75) is 32.6 Å². The van der Waals surface area contributed by atoms with E-state index in [9.17, 15) is 27.6 Å². The van der Waals surface area contributed by atoms with Gasteiger partial charge in [-0.05, 0) is 24.6 Å². The van der Waals surface area contributed by atoms with Crippen LogP contribution >= 0.6 is 0 Å². The lowest BCUT2D eigenvalue weighted by Gasteiger charge is -2.13. The quantitative estimate of drug-likeness (QED) is 0.828. The summed E-state index contributed by atoms with van der Waals surface area (Å²) in [4.78, 5) is 35.2. The molecule has 0 saturated carbocycles. The summed E-state index contributed by atoms with van der Waals surface area (Å²) in [6.45, 7) is 2.67. The average molecular weight is 366 g/mol. The summed E-state index contributed by atoms with van der Waals surface area (Å²) in [7, 11) is 0. The standard InChI is InChI=1S/C18H17F3N2O3/c1-11(22-12(2)24)13-5-7-14(8-6-13)16(25)10-23-9-3-4-15(17(23)26)18(19,20)21/h3-9,11H,10H2,1-2H3,(H,22,24). The Bertz CT molecular complexity index is 870. The Labute approximate surface area is 147 Å². The van der Waals surface area contributed by atoms with Crippen LogP contribution in [0.3, 0.4) is 0 Å². The highest BCUT2D eigenvalue weighted by Gasteiger charge is 2.34. The van der Waals surface area contributed by atoms with Crippen molar-refractivity contribution in [2.24, 2.45) is 0 Å². The van der Waals surface area contributed by atoms with E-state index >= 15 is 0 Å². The second kappa shape index (κ2) is 7.55. The van der Waals surface area contributed by atoms with Gasteiger partial charge in [-0.15, -0.1) is 0 Å². The molecule has 1 heterocycles. The second-order valence-corrected chi connectivity index (χ2v) is 5.82. The number of halogens is 3. The molecule has 8 heteroatoms. The van der Waals surface area contributed by atoms with Crippen LogP contribution in [0.4, 0.5) is 13.2 Å². The molecule has 0 aliphatic carbocycles. The van der Waals surface area contributed by atoms with Crippen molar-refractivity contribution in [1.82, 2.24) is 9.88 Å². The average Bonchev–Trinajstić information content (AvgIpc) is 2.55. The molecule has 5 nitrogen and oxygen atoms in total. The molecule has 1 unspecified atom stereocenters. The largest absolute Gasteiger partial charge is 0.421 e. The number of nitrogens with zero attached hydrogens (tertiary/aromatic N) is 1. The van der Waals surface area contributed by atoms with E-state index < -0.39 is 29.6 Å². The summed E-state index contributed by atoms with van der Waals surface area (Å²) in [5.74, 6) is -0.688. The zero-order valence-corrected chi connectivity index (χ0v) is 14.1.